The highest BCUT2D eigenvalue weighted by atomic mass is 32.2. The number of ether oxygens (including phenoxy) is 1. The van der Waals surface area contributed by atoms with Gasteiger partial charge in [-0.05, 0) is 43.3 Å². The number of aromatic nitrogens is 3. The van der Waals surface area contributed by atoms with Gasteiger partial charge < -0.3 is 9.72 Å². The number of nitrogens with one attached hydrogen (secondary N) is 1. The Morgan fingerprint density at radius 3 is 2.56 bits per heavy atom. The SMILES string of the molecule is CCOC(=O)CSc1nc(-c2ccc(F)cc2)c(-c2ccncc2)[nH]1. The van der Waals surface area contributed by atoms with Gasteiger partial charge in [-0.1, -0.05) is 11.8 Å². The monoisotopic (exact) mass is 357 g/mol. The van der Waals surface area contributed by atoms with Crippen molar-refractivity contribution in [2.45, 2.75) is 12.1 Å². The van der Waals surface area contributed by atoms with Crippen LogP contribution in [0, 0.1) is 5.82 Å². The van der Waals surface area contributed by atoms with Gasteiger partial charge in [0.25, 0.3) is 0 Å². The Balaban J connectivity index is 1.94. The molecule has 5 nitrogen and oxygen atoms in total. The van der Waals surface area contributed by atoms with Crippen LogP contribution in [0.25, 0.3) is 22.5 Å². The number of pyridine rings is 1. The third kappa shape index (κ3) is 4.24. The fourth-order valence-electron chi connectivity index (χ4n) is 2.29. The zero-order valence-corrected chi connectivity index (χ0v) is 14.3. The lowest BCUT2D eigenvalue weighted by Crippen LogP contribution is -2.06. The minimum Gasteiger partial charge on any atom is -0.465 e. The summed E-state index contributed by atoms with van der Waals surface area (Å²) < 4.78 is 18.2. The van der Waals surface area contributed by atoms with Gasteiger partial charge in [-0.2, -0.15) is 0 Å². The molecule has 0 aliphatic carbocycles. The Bertz CT molecular complexity index is 851. The van der Waals surface area contributed by atoms with Crippen LogP contribution in [0.15, 0.2) is 53.9 Å². The van der Waals surface area contributed by atoms with Crippen LogP contribution in [0.3, 0.4) is 0 Å². The van der Waals surface area contributed by atoms with Gasteiger partial charge in [0.1, 0.15) is 5.82 Å². The normalized spacial score (nSPS) is 10.6. The molecular weight excluding hydrogens is 341 g/mol. The number of thioether (sulfide) groups is 1. The van der Waals surface area contributed by atoms with Crippen molar-refractivity contribution < 1.29 is 13.9 Å². The van der Waals surface area contributed by atoms with Crippen LogP contribution in [-0.4, -0.2) is 33.3 Å². The van der Waals surface area contributed by atoms with Crippen molar-refractivity contribution in [2.75, 3.05) is 12.4 Å². The largest absolute Gasteiger partial charge is 0.465 e. The number of esters is 1. The summed E-state index contributed by atoms with van der Waals surface area (Å²) in [4.78, 5) is 23.4. The Kier molecular flexibility index (Phi) is 5.45. The molecule has 0 saturated heterocycles. The summed E-state index contributed by atoms with van der Waals surface area (Å²) in [6.07, 6.45) is 3.38. The molecule has 0 saturated carbocycles. The predicted molar refractivity (Wildman–Crippen MR) is 94.6 cm³/mol. The minimum atomic E-state index is -0.304. The van der Waals surface area contributed by atoms with Crippen molar-refractivity contribution in [3.63, 3.8) is 0 Å². The van der Waals surface area contributed by atoms with E-state index in [2.05, 4.69) is 15.0 Å². The van der Waals surface area contributed by atoms with Crippen LogP contribution in [0.4, 0.5) is 4.39 Å². The highest BCUT2D eigenvalue weighted by Gasteiger charge is 2.15. The Hall–Kier alpha value is -2.67. The molecule has 0 spiro atoms. The first-order chi connectivity index (χ1) is 12.2. The standard InChI is InChI=1S/C18H16FN3O2S/c1-2-24-15(23)11-25-18-21-16(12-3-5-14(19)6-4-12)17(22-18)13-7-9-20-10-8-13/h3-10H,2,11H2,1H3,(H,21,22). The average Bonchev–Trinajstić information content (AvgIpc) is 3.06. The second-order valence-electron chi connectivity index (χ2n) is 5.10. The number of rotatable bonds is 6. The lowest BCUT2D eigenvalue weighted by Gasteiger charge is -2.02. The predicted octanol–water partition coefficient (Wildman–Crippen LogP) is 3.93. The molecule has 1 N–H and O–H groups in total. The maximum atomic E-state index is 13.2. The van der Waals surface area contributed by atoms with Crippen LogP contribution in [0.5, 0.6) is 0 Å². The first-order valence-electron chi connectivity index (χ1n) is 7.72. The summed E-state index contributed by atoms with van der Waals surface area (Å²) in [6.45, 7) is 2.12. The maximum absolute atomic E-state index is 13.2. The average molecular weight is 357 g/mol. The fraction of sp³-hybridized carbons (Fsp3) is 0.167. The molecule has 0 atom stereocenters. The van der Waals surface area contributed by atoms with Gasteiger partial charge in [-0.25, -0.2) is 9.37 Å². The molecule has 128 valence electrons. The second-order valence-corrected chi connectivity index (χ2v) is 6.07. The van der Waals surface area contributed by atoms with Gasteiger partial charge in [0.05, 0.1) is 23.7 Å². The molecule has 2 heterocycles. The number of nitrogens with zero attached hydrogens (tertiary/aromatic N) is 2. The highest BCUT2D eigenvalue weighted by Crippen LogP contribution is 2.32. The van der Waals surface area contributed by atoms with Crippen LogP contribution in [-0.2, 0) is 9.53 Å². The van der Waals surface area contributed by atoms with Crippen molar-refractivity contribution in [1.82, 2.24) is 15.0 Å². The Morgan fingerprint density at radius 1 is 1.16 bits per heavy atom. The molecule has 0 fully saturated rings. The van der Waals surface area contributed by atoms with Gasteiger partial charge in [-0.15, -0.1) is 0 Å². The van der Waals surface area contributed by atoms with Crippen LogP contribution < -0.4 is 0 Å². The number of H-pyrrole nitrogens is 1. The first-order valence-corrected chi connectivity index (χ1v) is 8.70. The molecule has 0 unspecified atom stereocenters. The van der Waals surface area contributed by atoms with E-state index in [1.807, 2.05) is 12.1 Å². The van der Waals surface area contributed by atoms with Crippen molar-refractivity contribution in [1.29, 1.82) is 0 Å². The maximum Gasteiger partial charge on any atom is 0.316 e. The molecule has 0 aliphatic rings. The van der Waals surface area contributed by atoms with Gasteiger partial charge in [0.15, 0.2) is 5.16 Å². The summed E-state index contributed by atoms with van der Waals surface area (Å²) in [7, 11) is 0. The van der Waals surface area contributed by atoms with Crippen molar-refractivity contribution in [3.05, 3.63) is 54.6 Å². The van der Waals surface area contributed by atoms with Crippen molar-refractivity contribution >= 4 is 17.7 Å². The zero-order valence-electron chi connectivity index (χ0n) is 13.5. The highest BCUT2D eigenvalue weighted by molar-refractivity contribution is 7.99. The molecule has 25 heavy (non-hydrogen) atoms. The van der Waals surface area contributed by atoms with E-state index < -0.39 is 0 Å². The fourth-order valence-corrected chi connectivity index (χ4v) is 2.96. The van der Waals surface area contributed by atoms with E-state index in [0.29, 0.717) is 17.5 Å². The molecule has 7 heteroatoms. The lowest BCUT2D eigenvalue weighted by molar-refractivity contribution is -0.139. The van der Waals surface area contributed by atoms with Gasteiger partial charge in [0, 0.05) is 23.5 Å². The summed E-state index contributed by atoms with van der Waals surface area (Å²) in [5, 5.41) is 0.596. The van der Waals surface area contributed by atoms with Gasteiger partial charge in [0.2, 0.25) is 0 Å². The molecule has 1 aromatic carbocycles. The number of benzene rings is 1. The van der Waals surface area contributed by atoms with Gasteiger partial charge >= 0.3 is 5.97 Å². The van der Waals surface area contributed by atoms with E-state index in [1.165, 1.54) is 23.9 Å². The summed E-state index contributed by atoms with van der Waals surface area (Å²) in [6, 6.07) is 9.87. The van der Waals surface area contributed by atoms with E-state index in [1.54, 1.807) is 31.5 Å². The lowest BCUT2D eigenvalue weighted by atomic mass is 10.1. The second kappa shape index (κ2) is 7.94. The molecular formula is C18H16FN3O2S. The molecule has 0 amide bonds. The van der Waals surface area contributed by atoms with Crippen molar-refractivity contribution in [2.24, 2.45) is 0 Å². The van der Waals surface area contributed by atoms with Crippen molar-refractivity contribution in [3.8, 4) is 22.5 Å². The number of carbonyl (C=O) groups is 1. The number of hydrogen-bond acceptors (Lipinski definition) is 5. The third-order valence-corrected chi connectivity index (χ3v) is 4.25. The number of aromatic amines is 1. The number of carbonyl (C=O) groups excluding carboxylic acids is 1. The van der Waals surface area contributed by atoms with Crippen LogP contribution >= 0.6 is 11.8 Å². The molecule has 0 radical (unpaired) electrons. The summed E-state index contributed by atoms with van der Waals surface area (Å²) in [5.41, 5.74) is 3.18. The Labute approximate surface area is 148 Å². The molecule has 3 aromatic rings. The number of imidazole rings is 1. The zero-order chi connectivity index (χ0) is 17.6. The smallest absolute Gasteiger partial charge is 0.316 e. The minimum absolute atomic E-state index is 0.167. The van der Waals surface area contributed by atoms with Crippen LogP contribution in [0.1, 0.15) is 6.92 Å². The van der Waals surface area contributed by atoms with E-state index in [0.717, 1.165) is 16.8 Å². The summed E-state index contributed by atoms with van der Waals surface area (Å²) in [5.74, 6) is -0.431. The summed E-state index contributed by atoms with van der Waals surface area (Å²) >= 11 is 1.27. The molecule has 0 bridgehead atoms. The van der Waals surface area contributed by atoms with E-state index >= 15 is 0 Å². The number of halogens is 1. The Morgan fingerprint density at radius 2 is 1.88 bits per heavy atom. The quantitative estimate of drug-likeness (QED) is 0.535. The molecule has 2 aromatic heterocycles. The van der Waals surface area contributed by atoms with Crippen LogP contribution in [0.2, 0.25) is 0 Å². The first kappa shape index (κ1) is 17.2. The van der Waals surface area contributed by atoms with E-state index in [9.17, 15) is 9.18 Å². The van der Waals surface area contributed by atoms with Gasteiger partial charge in [-0.3, -0.25) is 9.78 Å². The molecule has 0 aliphatic heterocycles. The molecule has 3 rings (SSSR count). The van der Waals surface area contributed by atoms with E-state index in [4.69, 9.17) is 4.74 Å². The third-order valence-electron chi connectivity index (χ3n) is 3.40. The topological polar surface area (TPSA) is 67.9 Å². The number of hydrogen-bond donors (Lipinski definition) is 1. The van der Waals surface area contributed by atoms with E-state index in [-0.39, 0.29) is 17.5 Å².